The van der Waals surface area contributed by atoms with Crippen molar-refractivity contribution < 1.29 is 9.18 Å². The second kappa shape index (κ2) is 6.18. The van der Waals surface area contributed by atoms with E-state index in [9.17, 15) is 9.18 Å². The number of hydrogen-bond donors (Lipinski definition) is 1. The number of aromatic nitrogens is 2. The molecule has 23 heavy (non-hydrogen) atoms. The Kier molecular flexibility index (Phi) is 4.08. The predicted molar refractivity (Wildman–Crippen MR) is 86.9 cm³/mol. The zero-order chi connectivity index (χ0) is 16.4. The maximum absolute atomic E-state index is 13.0. The number of nitrogens with zero attached hydrogens (tertiary/aromatic N) is 3. The van der Waals surface area contributed by atoms with Crippen LogP contribution in [0.25, 0.3) is 5.65 Å². The normalized spacial score (nSPS) is 11.1. The number of pyridine rings is 1. The third-order valence-electron chi connectivity index (χ3n) is 3.41. The van der Waals surface area contributed by atoms with Gasteiger partial charge in [0.05, 0.1) is 5.69 Å². The predicted octanol–water partition coefficient (Wildman–Crippen LogP) is 2.79. The molecular weight excluding hydrogens is 295 g/mol. The molecule has 6 heteroatoms. The van der Waals surface area contributed by atoms with Gasteiger partial charge in [-0.2, -0.15) is 0 Å². The number of amides is 1. The fourth-order valence-electron chi connectivity index (χ4n) is 2.40. The van der Waals surface area contributed by atoms with E-state index in [2.05, 4.69) is 10.3 Å². The lowest BCUT2D eigenvalue weighted by Crippen LogP contribution is -2.19. The minimum Gasteiger partial charge on any atom is -0.321 e. The van der Waals surface area contributed by atoms with Gasteiger partial charge in [0.25, 0.3) is 5.91 Å². The first-order valence-electron chi connectivity index (χ1n) is 7.22. The van der Waals surface area contributed by atoms with Crippen LogP contribution in [0.3, 0.4) is 0 Å². The summed E-state index contributed by atoms with van der Waals surface area (Å²) in [5, 5.41) is 2.76. The smallest absolute Gasteiger partial charge is 0.276 e. The first-order chi connectivity index (χ1) is 11.0. The van der Waals surface area contributed by atoms with Crippen LogP contribution in [0.15, 0.2) is 48.7 Å². The number of imidazole rings is 1. The Balaban J connectivity index is 1.97. The van der Waals surface area contributed by atoms with Crippen molar-refractivity contribution in [3.8, 4) is 0 Å². The number of carbonyl (C=O) groups excluding carboxylic acids is 1. The minimum atomic E-state index is -0.343. The average molecular weight is 312 g/mol. The second-order valence-corrected chi connectivity index (χ2v) is 5.53. The van der Waals surface area contributed by atoms with E-state index < -0.39 is 0 Å². The van der Waals surface area contributed by atoms with Crippen LogP contribution in [0.2, 0.25) is 0 Å². The van der Waals surface area contributed by atoms with Gasteiger partial charge in [0, 0.05) is 18.4 Å². The number of fused-ring (bicyclic) bond motifs is 1. The van der Waals surface area contributed by atoms with E-state index >= 15 is 0 Å². The van der Waals surface area contributed by atoms with Crippen molar-refractivity contribution in [2.24, 2.45) is 0 Å². The first-order valence-corrected chi connectivity index (χ1v) is 7.22. The standard InChI is InChI=1S/C17H17FN4O/c1-21(2)11-14-16(20-15-5-3-4-10-22(14)15)17(23)19-13-8-6-12(18)7-9-13/h3-10H,11H2,1-2H3,(H,19,23). The van der Waals surface area contributed by atoms with E-state index in [1.165, 1.54) is 24.3 Å². The van der Waals surface area contributed by atoms with Crippen LogP contribution in [0.1, 0.15) is 16.2 Å². The van der Waals surface area contributed by atoms with Gasteiger partial charge in [0.2, 0.25) is 0 Å². The monoisotopic (exact) mass is 312 g/mol. The molecular formula is C17H17FN4O. The highest BCUT2D eigenvalue weighted by molar-refractivity contribution is 6.04. The second-order valence-electron chi connectivity index (χ2n) is 5.53. The summed E-state index contributed by atoms with van der Waals surface area (Å²) >= 11 is 0. The molecule has 0 unspecified atom stereocenters. The van der Waals surface area contributed by atoms with Crippen molar-refractivity contribution >= 4 is 17.2 Å². The molecule has 2 aromatic heterocycles. The Morgan fingerprint density at radius 3 is 2.65 bits per heavy atom. The van der Waals surface area contributed by atoms with Crippen LogP contribution >= 0.6 is 0 Å². The van der Waals surface area contributed by atoms with E-state index in [0.717, 1.165) is 5.69 Å². The maximum Gasteiger partial charge on any atom is 0.276 e. The summed E-state index contributed by atoms with van der Waals surface area (Å²) in [5.74, 6) is -0.652. The van der Waals surface area contributed by atoms with Gasteiger partial charge in [-0.15, -0.1) is 0 Å². The third-order valence-corrected chi connectivity index (χ3v) is 3.41. The van der Waals surface area contributed by atoms with Crippen LogP contribution in [0.5, 0.6) is 0 Å². The fourth-order valence-corrected chi connectivity index (χ4v) is 2.40. The molecule has 1 aromatic carbocycles. The number of benzene rings is 1. The van der Waals surface area contributed by atoms with Gasteiger partial charge >= 0.3 is 0 Å². The van der Waals surface area contributed by atoms with Crippen molar-refractivity contribution in [1.29, 1.82) is 0 Å². The van der Waals surface area contributed by atoms with Crippen LogP contribution in [-0.2, 0) is 6.54 Å². The Hall–Kier alpha value is -2.73. The number of rotatable bonds is 4. The van der Waals surface area contributed by atoms with Crippen molar-refractivity contribution in [3.05, 3.63) is 65.9 Å². The van der Waals surface area contributed by atoms with Crippen LogP contribution in [0, 0.1) is 5.82 Å². The largest absolute Gasteiger partial charge is 0.321 e. The topological polar surface area (TPSA) is 49.6 Å². The summed E-state index contributed by atoms with van der Waals surface area (Å²) in [4.78, 5) is 19.0. The van der Waals surface area contributed by atoms with E-state index in [4.69, 9.17) is 0 Å². The zero-order valence-electron chi connectivity index (χ0n) is 13.0. The molecule has 0 aliphatic carbocycles. The lowest BCUT2D eigenvalue weighted by molar-refractivity contribution is 0.102. The van der Waals surface area contributed by atoms with E-state index in [0.29, 0.717) is 23.6 Å². The van der Waals surface area contributed by atoms with Gasteiger partial charge < -0.3 is 14.6 Å². The summed E-state index contributed by atoms with van der Waals surface area (Å²) < 4.78 is 14.9. The number of nitrogens with one attached hydrogen (secondary N) is 1. The summed E-state index contributed by atoms with van der Waals surface area (Å²) in [6, 6.07) is 11.3. The number of anilines is 1. The van der Waals surface area contributed by atoms with Crippen molar-refractivity contribution in [2.45, 2.75) is 6.54 Å². The molecule has 0 aliphatic heterocycles. The summed E-state index contributed by atoms with van der Waals surface area (Å²) in [5.41, 5.74) is 2.43. The Morgan fingerprint density at radius 2 is 1.96 bits per heavy atom. The minimum absolute atomic E-state index is 0.308. The molecule has 0 saturated heterocycles. The summed E-state index contributed by atoms with van der Waals surface area (Å²) in [7, 11) is 3.87. The quantitative estimate of drug-likeness (QED) is 0.806. The SMILES string of the molecule is CN(C)Cc1c(C(=O)Nc2ccc(F)cc2)nc2ccccn12. The van der Waals surface area contributed by atoms with Gasteiger partial charge in [-0.3, -0.25) is 4.79 Å². The molecule has 0 atom stereocenters. The number of halogens is 1. The highest BCUT2D eigenvalue weighted by Crippen LogP contribution is 2.17. The van der Waals surface area contributed by atoms with Gasteiger partial charge in [-0.05, 0) is 50.5 Å². The molecule has 118 valence electrons. The van der Waals surface area contributed by atoms with Crippen LogP contribution in [0.4, 0.5) is 10.1 Å². The Labute approximate surface area is 133 Å². The number of hydrogen-bond acceptors (Lipinski definition) is 3. The molecule has 3 rings (SSSR count). The molecule has 0 radical (unpaired) electrons. The molecule has 5 nitrogen and oxygen atoms in total. The van der Waals surface area contributed by atoms with Gasteiger partial charge in [0.1, 0.15) is 11.5 Å². The van der Waals surface area contributed by atoms with E-state index in [1.807, 2.05) is 47.8 Å². The summed E-state index contributed by atoms with van der Waals surface area (Å²) in [6.45, 7) is 0.581. The lowest BCUT2D eigenvalue weighted by Gasteiger charge is -2.11. The first kappa shape index (κ1) is 15.2. The molecule has 3 aromatic rings. The molecule has 1 amide bonds. The van der Waals surface area contributed by atoms with Gasteiger partial charge in [0.15, 0.2) is 5.69 Å². The molecule has 0 saturated carbocycles. The summed E-state index contributed by atoms with van der Waals surface area (Å²) in [6.07, 6.45) is 1.88. The molecule has 0 spiro atoms. The number of carbonyl (C=O) groups is 1. The molecule has 1 N–H and O–H groups in total. The molecule has 0 bridgehead atoms. The van der Waals surface area contributed by atoms with E-state index in [1.54, 1.807) is 0 Å². The van der Waals surface area contributed by atoms with E-state index in [-0.39, 0.29) is 11.7 Å². The Bertz CT molecular complexity index is 839. The highest BCUT2D eigenvalue weighted by atomic mass is 19.1. The van der Waals surface area contributed by atoms with Crippen molar-refractivity contribution in [1.82, 2.24) is 14.3 Å². The highest BCUT2D eigenvalue weighted by Gasteiger charge is 2.19. The fraction of sp³-hybridized carbons (Fsp3) is 0.176. The molecule has 2 heterocycles. The maximum atomic E-state index is 13.0. The van der Waals surface area contributed by atoms with Gasteiger partial charge in [-0.25, -0.2) is 9.37 Å². The van der Waals surface area contributed by atoms with Gasteiger partial charge in [-0.1, -0.05) is 6.07 Å². The Morgan fingerprint density at radius 1 is 1.22 bits per heavy atom. The lowest BCUT2D eigenvalue weighted by atomic mass is 10.2. The molecule has 0 aliphatic rings. The van der Waals surface area contributed by atoms with Crippen molar-refractivity contribution in [2.75, 3.05) is 19.4 Å². The molecule has 0 fully saturated rings. The van der Waals surface area contributed by atoms with Crippen LogP contribution in [-0.4, -0.2) is 34.3 Å². The average Bonchev–Trinajstić information content (AvgIpc) is 2.88. The van der Waals surface area contributed by atoms with Crippen molar-refractivity contribution in [3.63, 3.8) is 0 Å². The third kappa shape index (κ3) is 3.22. The zero-order valence-corrected chi connectivity index (χ0v) is 13.0. The van der Waals surface area contributed by atoms with Crippen LogP contribution < -0.4 is 5.32 Å².